The van der Waals surface area contributed by atoms with Crippen LogP contribution in [0.5, 0.6) is 0 Å². The Labute approximate surface area is 106 Å². The van der Waals surface area contributed by atoms with E-state index in [0.717, 1.165) is 12.8 Å². The number of benzene rings is 1. The van der Waals surface area contributed by atoms with E-state index in [1.165, 1.54) is 5.56 Å². The molecule has 0 fully saturated rings. The molecule has 1 amide bonds. The van der Waals surface area contributed by atoms with Gasteiger partial charge in [-0.05, 0) is 18.4 Å². The Kier molecular flexibility index (Phi) is 6.27. The van der Waals surface area contributed by atoms with Gasteiger partial charge in [0.2, 0.25) is 5.91 Å². The average molecular weight is 249 g/mol. The summed E-state index contributed by atoms with van der Waals surface area (Å²) in [7, 11) is 0. The fourth-order valence-corrected chi connectivity index (χ4v) is 1.50. The van der Waals surface area contributed by atoms with Gasteiger partial charge in [-0.15, -0.1) is 0 Å². The summed E-state index contributed by atoms with van der Waals surface area (Å²) >= 11 is 0. The molecule has 0 spiro atoms. The number of amides is 1. The molecule has 1 rings (SSSR count). The van der Waals surface area contributed by atoms with Crippen molar-refractivity contribution >= 4 is 11.7 Å². The molecular formula is C12H19N5O. The number of carbonyl (C=O) groups is 1. The van der Waals surface area contributed by atoms with Gasteiger partial charge < -0.3 is 16.6 Å². The molecule has 0 saturated heterocycles. The van der Waals surface area contributed by atoms with Crippen LogP contribution in [0.25, 0.3) is 0 Å². The molecule has 0 radical (unpaired) electrons. The predicted octanol–water partition coefficient (Wildman–Crippen LogP) is -0.139. The first-order chi connectivity index (χ1) is 8.76. The smallest absolute Gasteiger partial charge is 0.220 e. The van der Waals surface area contributed by atoms with E-state index in [4.69, 9.17) is 11.7 Å². The van der Waals surface area contributed by atoms with Gasteiger partial charge in [0.05, 0.1) is 6.54 Å². The highest BCUT2D eigenvalue weighted by Gasteiger charge is 2.03. The van der Waals surface area contributed by atoms with E-state index < -0.39 is 0 Å². The molecule has 0 aliphatic rings. The minimum absolute atomic E-state index is 0.0395. The lowest BCUT2D eigenvalue weighted by molar-refractivity contribution is -0.120. The van der Waals surface area contributed by atoms with Crippen molar-refractivity contribution < 1.29 is 4.79 Å². The van der Waals surface area contributed by atoms with Gasteiger partial charge in [-0.2, -0.15) is 5.10 Å². The van der Waals surface area contributed by atoms with Crippen molar-refractivity contribution in [3.05, 3.63) is 35.9 Å². The molecule has 18 heavy (non-hydrogen) atoms. The average Bonchev–Trinajstić information content (AvgIpc) is 2.41. The maximum atomic E-state index is 11.5. The maximum Gasteiger partial charge on any atom is 0.220 e. The van der Waals surface area contributed by atoms with E-state index in [1.54, 1.807) is 0 Å². The Morgan fingerprint density at radius 3 is 2.61 bits per heavy atom. The van der Waals surface area contributed by atoms with Crippen LogP contribution in [0.2, 0.25) is 0 Å². The van der Waals surface area contributed by atoms with Crippen molar-refractivity contribution in [2.45, 2.75) is 19.3 Å². The molecule has 0 saturated carbocycles. The van der Waals surface area contributed by atoms with E-state index in [1.807, 2.05) is 18.2 Å². The van der Waals surface area contributed by atoms with Crippen LogP contribution in [-0.2, 0) is 11.2 Å². The van der Waals surface area contributed by atoms with E-state index in [-0.39, 0.29) is 12.5 Å². The number of amidine groups is 1. The van der Waals surface area contributed by atoms with Crippen molar-refractivity contribution in [1.29, 1.82) is 0 Å². The maximum absolute atomic E-state index is 11.5. The number of rotatable bonds is 6. The van der Waals surface area contributed by atoms with Crippen LogP contribution >= 0.6 is 0 Å². The van der Waals surface area contributed by atoms with E-state index in [9.17, 15) is 4.79 Å². The Morgan fingerprint density at radius 1 is 1.28 bits per heavy atom. The summed E-state index contributed by atoms with van der Waals surface area (Å²) in [5, 5.41) is 6.05. The first-order valence-corrected chi connectivity index (χ1v) is 5.80. The molecule has 1 aromatic rings. The van der Waals surface area contributed by atoms with E-state index in [0.29, 0.717) is 12.3 Å². The van der Waals surface area contributed by atoms with Gasteiger partial charge in [-0.1, -0.05) is 30.3 Å². The molecule has 0 aromatic heterocycles. The Morgan fingerprint density at radius 2 is 2.00 bits per heavy atom. The van der Waals surface area contributed by atoms with Gasteiger partial charge in [0.15, 0.2) is 5.84 Å². The summed E-state index contributed by atoms with van der Waals surface area (Å²) in [6.45, 7) is 0.219. The zero-order chi connectivity index (χ0) is 13.2. The van der Waals surface area contributed by atoms with Gasteiger partial charge in [0, 0.05) is 6.42 Å². The predicted molar refractivity (Wildman–Crippen MR) is 71.3 cm³/mol. The first kappa shape index (κ1) is 14.0. The topological polar surface area (TPSA) is 106 Å². The van der Waals surface area contributed by atoms with Crippen LogP contribution in [0.15, 0.2) is 35.4 Å². The summed E-state index contributed by atoms with van der Waals surface area (Å²) in [6.07, 6.45) is 2.17. The fraction of sp³-hybridized carbons (Fsp3) is 0.333. The lowest BCUT2D eigenvalue weighted by Gasteiger charge is -2.06. The second-order valence-corrected chi connectivity index (χ2v) is 3.84. The molecule has 0 aliphatic carbocycles. The first-order valence-electron chi connectivity index (χ1n) is 5.80. The standard InChI is InChI=1S/C12H19N5O/c13-16-11(17-14)9-15-12(18)8-4-7-10-5-2-1-3-6-10/h1-3,5-6H,4,7-9,13-14H2,(H,15,18)(H,16,17). The van der Waals surface area contributed by atoms with Crippen molar-refractivity contribution in [2.24, 2.45) is 16.8 Å². The minimum Gasteiger partial charge on any atom is -0.349 e. The molecule has 98 valence electrons. The Hall–Kier alpha value is -2.08. The van der Waals surface area contributed by atoms with Crippen LogP contribution in [-0.4, -0.2) is 18.3 Å². The molecule has 1 aromatic carbocycles. The zero-order valence-corrected chi connectivity index (χ0v) is 10.2. The van der Waals surface area contributed by atoms with Crippen LogP contribution in [0.4, 0.5) is 0 Å². The molecule has 0 unspecified atom stereocenters. The van der Waals surface area contributed by atoms with Crippen molar-refractivity contribution in [1.82, 2.24) is 10.7 Å². The highest BCUT2D eigenvalue weighted by molar-refractivity contribution is 5.87. The van der Waals surface area contributed by atoms with E-state index >= 15 is 0 Å². The van der Waals surface area contributed by atoms with E-state index in [2.05, 4.69) is 28.0 Å². The number of nitrogens with one attached hydrogen (secondary N) is 2. The Balaban J connectivity index is 2.18. The highest BCUT2D eigenvalue weighted by Crippen LogP contribution is 2.04. The second-order valence-electron chi connectivity index (χ2n) is 3.84. The van der Waals surface area contributed by atoms with Gasteiger partial charge in [-0.3, -0.25) is 4.79 Å². The number of carbonyl (C=O) groups excluding carboxylic acids is 1. The Bertz CT molecular complexity index is 391. The second kappa shape index (κ2) is 8.08. The van der Waals surface area contributed by atoms with Gasteiger partial charge in [0.1, 0.15) is 0 Å². The molecule has 6 N–H and O–H groups in total. The van der Waals surface area contributed by atoms with Crippen LogP contribution in [0, 0.1) is 0 Å². The number of nitrogens with two attached hydrogens (primary N) is 2. The minimum atomic E-state index is -0.0395. The highest BCUT2D eigenvalue weighted by atomic mass is 16.1. The van der Waals surface area contributed by atoms with Crippen LogP contribution < -0.4 is 22.4 Å². The van der Waals surface area contributed by atoms with Crippen molar-refractivity contribution in [2.75, 3.05) is 6.54 Å². The van der Waals surface area contributed by atoms with Gasteiger partial charge in [0.25, 0.3) is 0 Å². The number of nitrogens with zero attached hydrogens (tertiary/aromatic N) is 1. The molecule has 6 heteroatoms. The third kappa shape index (κ3) is 5.31. The third-order valence-corrected chi connectivity index (χ3v) is 2.49. The molecule has 0 bridgehead atoms. The number of hydrogen-bond donors (Lipinski definition) is 4. The normalized spacial score (nSPS) is 11.1. The SMILES string of the molecule is N/N=C(/CNC(=O)CCCc1ccccc1)NN. The summed E-state index contributed by atoms with van der Waals surface area (Å²) in [6, 6.07) is 10.1. The van der Waals surface area contributed by atoms with Gasteiger partial charge in [-0.25, -0.2) is 5.84 Å². The van der Waals surface area contributed by atoms with Gasteiger partial charge >= 0.3 is 0 Å². The van der Waals surface area contributed by atoms with Crippen molar-refractivity contribution in [3.63, 3.8) is 0 Å². The number of hydrazone groups is 1. The van der Waals surface area contributed by atoms with Crippen molar-refractivity contribution in [3.8, 4) is 0 Å². The number of aryl methyl sites for hydroxylation is 1. The molecule has 0 heterocycles. The molecule has 0 aliphatic heterocycles. The fourth-order valence-electron chi connectivity index (χ4n) is 1.50. The lowest BCUT2D eigenvalue weighted by atomic mass is 10.1. The monoisotopic (exact) mass is 249 g/mol. The summed E-state index contributed by atoms with van der Waals surface area (Å²) in [5.41, 5.74) is 3.53. The summed E-state index contributed by atoms with van der Waals surface area (Å²) < 4.78 is 0. The summed E-state index contributed by atoms with van der Waals surface area (Å²) in [5.74, 6) is 10.5. The number of hydrogen-bond acceptors (Lipinski definition) is 4. The number of hydrazine groups is 1. The lowest BCUT2D eigenvalue weighted by Crippen LogP contribution is -2.41. The summed E-state index contributed by atoms with van der Waals surface area (Å²) in [4.78, 5) is 11.5. The quantitative estimate of drug-likeness (QED) is 0.244. The largest absolute Gasteiger partial charge is 0.349 e. The molecule has 6 nitrogen and oxygen atoms in total. The molecule has 0 atom stereocenters. The van der Waals surface area contributed by atoms with Crippen LogP contribution in [0.1, 0.15) is 18.4 Å². The third-order valence-electron chi connectivity index (χ3n) is 2.49. The molecular weight excluding hydrogens is 230 g/mol. The van der Waals surface area contributed by atoms with Crippen LogP contribution in [0.3, 0.4) is 0 Å². The zero-order valence-electron chi connectivity index (χ0n) is 10.2.